The number of nitrogens with two attached hydrogens (primary N) is 1. The zero-order valence-electron chi connectivity index (χ0n) is 13.5. The monoisotopic (exact) mass is 339 g/mol. The van der Waals surface area contributed by atoms with Crippen LogP contribution in [0, 0.1) is 6.92 Å². The van der Waals surface area contributed by atoms with Crippen molar-refractivity contribution in [2.24, 2.45) is 5.73 Å². The molecule has 0 unspecified atom stereocenters. The maximum Gasteiger partial charge on any atom is 0.251 e. The lowest BCUT2D eigenvalue weighted by Gasteiger charge is -2.26. The van der Waals surface area contributed by atoms with Crippen LogP contribution in [0.5, 0.6) is 0 Å². The van der Waals surface area contributed by atoms with Gasteiger partial charge >= 0.3 is 0 Å². The number of carbonyl (C=O) groups excluding carboxylic acids is 1. The van der Waals surface area contributed by atoms with Crippen LogP contribution < -0.4 is 11.1 Å². The topological polar surface area (TPSA) is 92.5 Å². The number of hydrogen-bond donors (Lipinski definition) is 2. The summed E-state index contributed by atoms with van der Waals surface area (Å²) in [6, 6.07) is 4.75. The molecule has 0 aromatic heterocycles. The molecule has 1 saturated heterocycles. The average molecular weight is 339 g/mol. The Morgan fingerprint density at radius 1 is 1.26 bits per heavy atom. The van der Waals surface area contributed by atoms with Crippen molar-refractivity contribution in [2.75, 3.05) is 26.2 Å². The Kier molecular flexibility index (Phi) is 6.15. The Morgan fingerprint density at radius 2 is 1.96 bits per heavy atom. The summed E-state index contributed by atoms with van der Waals surface area (Å²) in [7, 11) is -3.53. The van der Waals surface area contributed by atoms with E-state index in [1.165, 1.54) is 10.4 Å². The minimum Gasteiger partial charge on any atom is -0.352 e. The Bertz CT molecular complexity index is 653. The highest BCUT2D eigenvalue weighted by Gasteiger charge is 2.26. The number of rotatable bonds is 6. The molecule has 1 aromatic rings. The van der Waals surface area contributed by atoms with Crippen LogP contribution in [0.15, 0.2) is 23.1 Å². The molecule has 1 aliphatic rings. The van der Waals surface area contributed by atoms with Gasteiger partial charge in [0, 0.05) is 25.2 Å². The highest BCUT2D eigenvalue weighted by atomic mass is 32.2. The number of piperidine rings is 1. The molecule has 0 atom stereocenters. The molecular weight excluding hydrogens is 314 g/mol. The van der Waals surface area contributed by atoms with E-state index in [-0.39, 0.29) is 10.8 Å². The van der Waals surface area contributed by atoms with Crippen molar-refractivity contribution in [1.82, 2.24) is 9.62 Å². The third-order valence-electron chi connectivity index (χ3n) is 4.07. The number of amides is 1. The highest BCUT2D eigenvalue weighted by Crippen LogP contribution is 2.22. The summed E-state index contributed by atoms with van der Waals surface area (Å²) in [5.41, 5.74) is 6.57. The van der Waals surface area contributed by atoms with Gasteiger partial charge in [-0.2, -0.15) is 4.31 Å². The van der Waals surface area contributed by atoms with Crippen molar-refractivity contribution in [3.8, 4) is 0 Å². The van der Waals surface area contributed by atoms with Crippen LogP contribution in [-0.2, 0) is 10.0 Å². The van der Waals surface area contributed by atoms with Gasteiger partial charge in [-0.25, -0.2) is 8.42 Å². The van der Waals surface area contributed by atoms with E-state index in [9.17, 15) is 13.2 Å². The highest BCUT2D eigenvalue weighted by molar-refractivity contribution is 7.89. The molecule has 128 valence electrons. The Morgan fingerprint density at radius 3 is 2.61 bits per heavy atom. The van der Waals surface area contributed by atoms with Crippen LogP contribution in [0.3, 0.4) is 0 Å². The van der Waals surface area contributed by atoms with Crippen LogP contribution in [-0.4, -0.2) is 44.8 Å². The number of carbonyl (C=O) groups is 1. The van der Waals surface area contributed by atoms with Gasteiger partial charge < -0.3 is 11.1 Å². The Hall–Kier alpha value is -1.44. The third-order valence-corrected chi connectivity index (χ3v) is 5.97. The van der Waals surface area contributed by atoms with Gasteiger partial charge in [0.2, 0.25) is 10.0 Å². The second-order valence-corrected chi connectivity index (χ2v) is 7.78. The van der Waals surface area contributed by atoms with E-state index >= 15 is 0 Å². The van der Waals surface area contributed by atoms with Gasteiger partial charge in [-0.15, -0.1) is 0 Å². The fourth-order valence-corrected chi connectivity index (χ4v) is 4.20. The molecule has 1 aliphatic heterocycles. The quantitative estimate of drug-likeness (QED) is 0.763. The van der Waals surface area contributed by atoms with Crippen LogP contribution in [0.1, 0.15) is 41.6 Å². The molecule has 3 N–H and O–H groups in total. The summed E-state index contributed by atoms with van der Waals surface area (Å²) < 4.78 is 26.9. The lowest BCUT2D eigenvalue weighted by molar-refractivity contribution is 0.0952. The molecule has 0 bridgehead atoms. The van der Waals surface area contributed by atoms with Crippen LogP contribution >= 0.6 is 0 Å². The fraction of sp³-hybridized carbons (Fsp3) is 0.562. The van der Waals surface area contributed by atoms with Crippen molar-refractivity contribution >= 4 is 15.9 Å². The fourth-order valence-electron chi connectivity index (χ4n) is 2.66. The number of sulfonamides is 1. The molecule has 0 radical (unpaired) electrons. The van der Waals surface area contributed by atoms with Gasteiger partial charge in [0.15, 0.2) is 0 Å². The predicted octanol–water partition coefficient (Wildman–Crippen LogP) is 1.25. The van der Waals surface area contributed by atoms with Crippen molar-refractivity contribution in [3.63, 3.8) is 0 Å². The zero-order chi connectivity index (χ0) is 16.9. The van der Waals surface area contributed by atoms with E-state index in [1.807, 2.05) is 0 Å². The maximum absolute atomic E-state index is 12.7. The van der Waals surface area contributed by atoms with Crippen molar-refractivity contribution in [2.45, 2.75) is 37.5 Å². The largest absolute Gasteiger partial charge is 0.352 e. The Balaban J connectivity index is 2.23. The van der Waals surface area contributed by atoms with Crippen molar-refractivity contribution < 1.29 is 13.2 Å². The van der Waals surface area contributed by atoms with Crippen molar-refractivity contribution in [3.05, 3.63) is 29.3 Å². The first kappa shape index (κ1) is 17.9. The first-order valence-corrected chi connectivity index (χ1v) is 9.50. The lowest BCUT2D eigenvalue weighted by atomic mass is 10.1. The molecule has 1 fully saturated rings. The van der Waals surface area contributed by atoms with Gasteiger partial charge in [-0.3, -0.25) is 4.79 Å². The SMILES string of the molecule is Cc1ccc(S(=O)(=O)N2CCCCC2)cc1C(=O)NCCCN. The first-order chi connectivity index (χ1) is 11.0. The summed E-state index contributed by atoms with van der Waals surface area (Å²) in [4.78, 5) is 12.4. The third kappa shape index (κ3) is 4.31. The smallest absolute Gasteiger partial charge is 0.251 e. The summed E-state index contributed by atoms with van der Waals surface area (Å²) >= 11 is 0. The number of nitrogens with zero attached hydrogens (tertiary/aromatic N) is 1. The molecule has 1 amide bonds. The molecule has 1 heterocycles. The van der Waals surface area contributed by atoms with Gasteiger partial charge in [0.25, 0.3) is 5.91 Å². The normalized spacial score (nSPS) is 16.3. The van der Waals surface area contributed by atoms with E-state index in [4.69, 9.17) is 5.73 Å². The van der Waals surface area contributed by atoms with Gasteiger partial charge in [0.05, 0.1) is 4.90 Å². The Labute approximate surface area is 138 Å². The van der Waals surface area contributed by atoms with Gasteiger partial charge in [-0.1, -0.05) is 12.5 Å². The van der Waals surface area contributed by atoms with Gasteiger partial charge in [0.1, 0.15) is 0 Å². The minimum atomic E-state index is -3.53. The molecule has 0 aliphatic carbocycles. The van der Waals surface area contributed by atoms with E-state index in [2.05, 4.69) is 5.32 Å². The van der Waals surface area contributed by atoms with E-state index in [0.29, 0.717) is 38.2 Å². The van der Waals surface area contributed by atoms with Crippen molar-refractivity contribution in [1.29, 1.82) is 0 Å². The molecule has 2 rings (SSSR count). The number of nitrogens with one attached hydrogen (secondary N) is 1. The standard InChI is InChI=1S/C16H25N3O3S/c1-13-6-7-14(12-15(13)16(20)18-9-5-8-17)23(21,22)19-10-3-2-4-11-19/h6-7,12H,2-5,8-11,17H2,1H3,(H,18,20). The molecule has 6 nitrogen and oxygen atoms in total. The molecule has 0 saturated carbocycles. The molecule has 0 spiro atoms. The number of hydrogen-bond acceptors (Lipinski definition) is 4. The minimum absolute atomic E-state index is 0.189. The number of aryl methyl sites for hydroxylation is 1. The first-order valence-electron chi connectivity index (χ1n) is 8.06. The summed E-state index contributed by atoms with van der Waals surface area (Å²) in [6.45, 7) is 3.89. The molecule has 7 heteroatoms. The molecule has 1 aromatic carbocycles. The molecular formula is C16H25N3O3S. The molecule has 23 heavy (non-hydrogen) atoms. The summed E-state index contributed by atoms with van der Waals surface area (Å²) in [6.07, 6.45) is 3.53. The van der Waals surface area contributed by atoms with Crippen LogP contribution in [0.4, 0.5) is 0 Å². The van der Waals surface area contributed by atoms with E-state index in [1.54, 1.807) is 19.1 Å². The summed E-state index contributed by atoms with van der Waals surface area (Å²) in [5, 5.41) is 2.77. The van der Waals surface area contributed by atoms with Crippen LogP contribution in [0.25, 0.3) is 0 Å². The zero-order valence-corrected chi connectivity index (χ0v) is 14.4. The van der Waals surface area contributed by atoms with Crippen LogP contribution in [0.2, 0.25) is 0 Å². The second-order valence-electron chi connectivity index (χ2n) is 5.84. The summed E-state index contributed by atoms with van der Waals surface area (Å²) in [5.74, 6) is -0.258. The van der Waals surface area contributed by atoms with E-state index < -0.39 is 10.0 Å². The van der Waals surface area contributed by atoms with E-state index in [0.717, 1.165) is 24.8 Å². The number of benzene rings is 1. The average Bonchev–Trinajstić information content (AvgIpc) is 2.56. The lowest BCUT2D eigenvalue weighted by Crippen LogP contribution is -2.35. The maximum atomic E-state index is 12.7. The predicted molar refractivity (Wildman–Crippen MR) is 89.8 cm³/mol. The second kappa shape index (κ2) is 7.90. The van der Waals surface area contributed by atoms with Gasteiger partial charge in [-0.05, 0) is 50.4 Å².